The minimum atomic E-state index is -0.130. The molecule has 2 aliphatic rings. The maximum Gasteiger partial charge on any atom is 0.266 e. The molecule has 0 N–H and O–H groups in total. The standard InChI is InChI=1S/C15H13NO4S2/c1-3-4-16-14(17)13(22-15(16)21)6-9-5-11-12(20-8-19-11)7-10(9)18-2/h3,5-7H,1,4,8H2,2H3. The fourth-order valence-electron chi connectivity index (χ4n) is 2.16. The van der Waals surface area contributed by atoms with E-state index in [0.29, 0.717) is 33.0 Å². The Labute approximate surface area is 137 Å². The molecule has 5 nitrogen and oxygen atoms in total. The van der Waals surface area contributed by atoms with E-state index in [4.69, 9.17) is 26.4 Å². The summed E-state index contributed by atoms with van der Waals surface area (Å²) in [5.41, 5.74) is 0.742. The van der Waals surface area contributed by atoms with Crippen molar-refractivity contribution in [3.63, 3.8) is 0 Å². The topological polar surface area (TPSA) is 48.0 Å². The predicted octanol–water partition coefficient (Wildman–Crippen LogP) is 2.81. The number of nitrogens with zero attached hydrogens (tertiary/aromatic N) is 1. The normalized spacial score (nSPS) is 18.2. The molecule has 2 heterocycles. The Morgan fingerprint density at radius 2 is 2.18 bits per heavy atom. The van der Waals surface area contributed by atoms with Crippen molar-refractivity contribution >= 4 is 40.3 Å². The molecule has 0 spiro atoms. The van der Waals surface area contributed by atoms with Crippen LogP contribution in [0.3, 0.4) is 0 Å². The lowest BCUT2D eigenvalue weighted by Gasteiger charge is -2.10. The van der Waals surface area contributed by atoms with Gasteiger partial charge in [0, 0.05) is 18.2 Å². The molecule has 22 heavy (non-hydrogen) atoms. The van der Waals surface area contributed by atoms with Gasteiger partial charge in [-0.1, -0.05) is 30.1 Å². The van der Waals surface area contributed by atoms with Gasteiger partial charge in [-0.25, -0.2) is 0 Å². The Kier molecular flexibility index (Phi) is 4.08. The summed E-state index contributed by atoms with van der Waals surface area (Å²) in [5, 5.41) is 0. The highest BCUT2D eigenvalue weighted by atomic mass is 32.2. The van der Waals surface area contributed by atoms with Crippen LogP contribution in [0.25, 0.3) is 6.08 Å². The first-order valence-electron chi connectivity index (χ1n) is 6.48. The van der Waals surface area contributed by atoms with E-state index in [9.17, 15) is 4.79 Å². The van der Waals surface area contributed by atoms with Crippen molar-refractivity contribution in [2.45, 2.75) is 0 Å². The first-order chi connectivity index (χ1) is 10.6. The van der Waals surface area contributed by atoms with E-state index >= 15 is 0 Å². The summed E-state index contributed by atoms with van der Waals surface area (Å²) in [6, 6.07) is 3.54. The summed E-state index contributed by atoms with van der Waals surface area (Å²) in [7, 11) is 1.57. The van der Waals surface area contributed by atoms with Crippen LogP contribution in [0.4, 0.5) is 0 Å². The van der Waals surface area contributed by atoms with Gasteiger partial charge in [0.2, 0.25) is 6.79 Å². The predicted molar refractivity (Wildman–Crippen MR) is 89.2 cm³/mol. The molecule has 7 heteroatoms. The lowest BCUT2D eigenvalue weighted by atomic mass is 10.1. The number of fused-ring (bicyclic) bond motifs is 1. The van der Waals surface area contributed by atoms with E-state index < -0.39 is 0 Å². The molecule has 0 atom stereocenters. The second-order valence-corrected chi connectivity index (χ2v) is 6.20. The summed E-state index contributed by atoms with van der Waals surface area (Å²) in [6.07, 6.45) is 3.40. The number of ether oxygens (including phenoxy) is 3. The van der Waals surface area contributed by atoms with Crippen molar-refractivity contribution in [1.29, 1.82) is 0 Å². The van der Waals surface area contributed by atoms with Crippen LogP contribution in [-0.2, 0) is 4.79 Å². The van der Waals surface area contributed by atoms with Crippen LogP contribution in [0, 0.1) is 0 Å². The zero-order chi connectivity index (χ0) is 15.7. The van der Waals surface area contributed by atoms with Crippen LogP contribution in [0.2, 0.25) is 0 Å². The van der Waals surface area contributed by atoms with Crippen LogP contribution in [0.1, 0.15) is 5.56 Å². The fraction of sp³-hybridized carbons (Fsp3) is 0.200. The molecule has 1 fully saturated rings. The van der Waals surface area contributed by atoms with Crippen molar-refractivity contribution in [3.8, 4) is 17.2 Å². The molecule has 0 aromatic heterocycles. The number of hydrogen-bond donors (Lipinski definition) is 0. The summed E-state index contributed by atoms with van der Waals surface area (Å²) in [6.45, 7) is 4.22. The maximum atomic E-state index is 12.3. The Morgan fingerprint density at radius 3 is 2.86 bits per heavy atom. The minimum absolute atomic E-state index is 0.130. The summed E-state index contributed by atoms with van der Waals surface area (Å²) >= 11 is 6.48. The Hall–Kier alpha value is -1.99. The molecule has 0 unspecified atom stereocenters. The van der Waals surface area contributed by atoms with Gasteiger partial charge in [0.15, 0.2) is 11.5 Å². The second kappa shape index (κ2) is 6.02. The highest BCUT2D eigenvalue weighted by Crippen LogP contribution is 2.40. The van der Waals surface area contributed by atoms with Gasteiger partial charge in [-0.05, 0) is 12.1 Å². The molecule has 0 saturated carbocycles. The van der Waals surface area contributed by atoms with E-state index in [1.54, 1.807) is 31.4 Å². The number of carbonyl (C=O) groups excluding carboxylic acids is 1. The van der Waals surface area contributed by atoms with E-state index in [0.717, 1.165) is 5.56 Å². The maximum absolute atomic E-state index is 12.3. The van der Waals surface area contributed by atoms with Crippen molar-refractivity contribution in [2.75, 3.05) is 20.4 Å². The minimum Gasteiger partial charge on any atom is -0.496 e. The first kappa shape index (κ1) is 14.9. The summed E-state index contributed by atoms with van der Waals surface area (Å²) < 4.78 is 16.6. The molecular weight excluding hydrogens is 322 g/mol. The monoisotopic (exact) mass is 335 g/mol. The number of carbonyl (C=O) groups is 1. The number of methoxy groups -OCH3 is 1. The quantitative estimate of drug-likeness (QED) is 0.479. The van der Waals surface area contributed by atoms with E-state index in [-0.39, 0.29) is 12.7 Å². The van der Waals surface area contributed by atoms with Crippen LogP contribution in [0.5, 0.6) is 17.2 Å². The smallest absolute Gasteiger partial charge is 0.266 e. The number of hydrogen-bond acceptors (Lipinski definition) is 6. The molecule has 1 amide bonds. The van der Waals surface area contributed by atoms with Crippen molar-refractivity contribution in [1.82, 2.24) is 4.90 Å². The molecule has 3 rings (SSSR count). The zero-order valence-corrected chi connectivity index (χ0v) is 13.5. The second-order valence-electron chi connectivity index (χ2n) is 4.53. The molecular formula is C15H13NO4S2. The molecule has 2 aliphatic heterocycles. The zero-order valence-electron chi connectivity index (χ0n) is 11.8. The Bertz CT molecular complexity index is 699. The fourth-order valence-corrected chi connectivity index (χ4v) is 3.42. The van der Waals surface area contributed by atoms with Gasteiger partial charge in [0.25, 0.3) is 5.91 Å². The van der Waals surface area contributed by atoms with Crippen LogP contribution >= 0.6 is 24.0 Å². The van der Waals surface area contributed by atoms with Gasteiger partial charge in [0.05, 0.1) is 12.0 Å². The third-order valence-electron chi connectivity index (χ3n) is 3.20. The molecule has 0 radical (unpaired) electrons. The van der Waals surface area contributed by atoms with Gasteiger partial charge in [0.1, 0.15) is 10.1 Å². The molecule has 1 aromatic rings. The van der Waals surface area contributed by atoms with E-state index in [1.165, 1.54) is 16.7 Å². The lowest BCUT2D eigenvalue weighted by molar-refractivity contribution is -0.121. The molecule has 114 valence electrons. The van der Waals surface area contributed by atoms with Crippen LogP contribution in [-0.4, -0.2) is 35.6 Å². The van der Waals surface area contributed by atoms with Gasteiger partial charge < -0.3 is 14.2 Å². The molecule has 0 aliphatic carbocycles. The molecule has 0 bridgehead atoms. The number of amides is 1. The van der Waals surface area contributed by atoms with Gasteiger partial charge in [-0.3, -0.25) is 9.69 Å². The third-order valence-corrected chi connectivity index (χ3v) is 4.57. The number of benzene rings is 1. The SMILES string of the molecule is C=CCN1C(=O)C(=Cc2cc3c(cc2OC)OCO3)SC1=S. The van der Waals surface area contributed by atoms with E-state index in [2.05, 4.69) is 6.58 Å². The first-order valence-corrected chi connectivity index (χ1v) is 7.70. The average Bonchev–Trinajstić information content (AvgIpc) is 3.06. The molecule has 1 saturated heterocycles. The number of rotatable bonds is 4. The van der Waals surface area contributed by atoms with Crippen LogP contribution in [0.15, 0.2) is 29.7 Å². The number of thioether (sulfide) groups is 1. The largest absolute Gasteiger partial charge is 0.496 e. The third kappa shape index (κ3) is 2.57. The van der Waals surface area contributed by atoms with Gasteiger partial charge in [-0.15, -0.1) is 6.58 Å². The van der Waals surface area contributed by atoms with Crippen molar-refractivity contribution in [2.24, 2.45) is 0 Å². The average molecular weight is 335 g/mol. The highest BCUT2D eigenvalue weighted by Gasteiger charge is 2.31. The summed E-state index contributed by atoms with van der Waals surface area (Å²) in [5.74, 6) is 1.75. The Balaban J connectivity index is 1.97. The van der Waals surface area contributed by atoms with Crippen molar-refractivity contribution in [3.05, 3.63) is 35.3 Å². The van der Waals surface area contributed by atoms with Crippen molar-refractivity contribution < 1.29 is 19.0 Å². The highest BCUT2D eigenvalue weighted by molar-refractivity contribution is 8.26. The molecule has 1 aromatic carbocycles. The summed E-state index contributed by atoms with van der Waals surface area (Å²) in [4.78, 5) is 14.4. The van der Waals surface area contributed by atoms with Gasteiger partial charge in [-0.2, -0.15) is 0 Å². The van der Waals surface area contributed by atoms with Gasteiger partial charge >= 0.3 is 0 Å². The van der Waals surface area contributed by atoms with Crippen LogP contribution < -0.4 is 14.2 Å². The Morgan fingerprint density at radius 1 is 1.45 bits per heavy atom. The van der Waals surface area contributed by atoms with E-state index in [1.807, 2.05) is 0 Å². The number of thiocarbonyl (C=S) groups is 1. The lowest BCUT2D eigenvalue weighted by Crippen LogP contribution is -2.27.